The number of ketones is 1. The van der Waals surface area contributed by atoms with Gasteiger partial charge in [-0.2, -0.15) is 0 Å². The Bertz CT molecular complexity index is 484. The molecule has 0 aromatic carbocycles. The summed E-state index contributed by atoms with van der Waals surface area (Å²) in [5.41, 5.74) is 0. The van der Waals surface area contributed by atoms with Crippen molar-refractivity contribution in [2.45, 2.75) is 64.7 Å². The molecule has 1 aliphatic rings. The van der Waals surface area contributed by atoms with E-state index in [9.17, 15) is 18.0 Å². The first kappa shape index (κ1) is 18.1. The molecular weight excluding hydrogens is 290 g/mol. The van der Waals surface area contributed by atoms with Gasteiger partial charge in [-0.15, -0.1) is 0 Å². The van der Waals surface area contributed by atoms with Gasteiger partial charge in [0.2, 0.25) is 5.91 Å². The molecule has 21 heavy (non-hydrogen) atoms. The predicted octanol–water partition coefficient (Wildman–Crippen LogP) is 1.71. The van der Waals surface area contributed by atoms with E-state index in [1.165, 1.54) is 6.92 Å². The Labute approximate surface area is 127 Å². The second kappa shape index (κ2) is 7.38. The van der Waals surface area contributed by atoms with Crippen molar-refractivity contribution in [3.63, 3.8) is 0 Å². The third kappa shape index (κ3) is 5.41. The van der Waals surface area contributed by atoms with Gasteiger partial charge in [-0.05, 0) is 31.6 Å². The van der Waals surface area contributed by atoms with Crippen LogP contribution >= 0.6 is 0 Å². The molecular formula is C15H27NO4S. The highest BCUT2D eigenvalue weighted by Gasteiger charge is 2.32. The Morgan fingerprint density at radius 3 is 2.33 bits per heavy atom. The van der Waals surface area contributed by atoms with Crippen LogP contribution in [0.25, 0.3) is 0 Å². The molecule has 0 radical (unpaired) electrons. The molecule has 0 spiro atoms. The van der Waals surface area contributed by atoms with E-state index in [1.807, 2.05) is 20.8 Å². The zero-order valence-electron chi connectivity index (χ0n) is 13.4. The molecule has 1 aliphatic carbocycles. The minimum Gasteiger partial charge on any atom is -0.345 e. The molecule has 1 fully saturated rings. The maximum Gasteiger partial charge on any atom is 0.235 e. The molecule has 0 aliphatic heterocycles. The van der Waals surface area contributed by atoms with Gasteiger partial charge >= 0.3 is 0 Å². The zero-order valence-corrected chi connectivity index (χ0v) is 14.2. The van der Waals surface area contributed by atoms with Gasteiger partial charge in [0.05, 0.1) is 11.3 Å². The summed E-state index contributed by atoms with van der Waals surface area (Å²) in [7, 11) is -3.44. The van der Waals surface area contributed by atoms with E-state index in [0.29, 0.717) is 18.8 Å². The molecule has 1 N–H and O–H groups in total. The summed E-state index contributed by atoms with van der Waals surface area (Å²) in [5.74, 6) is -0.892. The Balaban J connectivity index is 2.66. The minimum absolute atomic E-state index is 0.0520. The number of carbonyl (C=O) groups excluding carboxylic acids is 2. The van der Waals surface area contributed by atoms with Gasteiger partial charge in [-0.1, -0.05) is 33.6 Å². The molecule has 3 atom stereocenters. The third-order valence-corrected chi connectivity index (χ3v) is 6.26. The lowest BCUT2D eigenvalue weighted by Crippen LogP contribution is -2.46. The molecule has 1 rings (SSSR count). The summed E-state index contributed by atoms with van der Waals surface area (Å²) in [4.78, 5) is 23.4. The van der Waals surface area contributed by atoms with Crippen molar-refractivity contribution in [3.05, 3.63) is 0 Å². The lowest BCUT2D eigenvalue weighted by atomic mass is 9.91. The van der Waals surface area contributed by atoms with E-state index in [1.54, 1.807) is 0 Å². The van der Waals surface area contributed by atoms with Crippen molar-refractivity contribution >= 4 is 21.5 Å². The molecule has 0 saturated heterocycles. The molecule has 0 bridgehead atoms. The van der Waals surface area contributed by atoms with Gasteiger partial charge in [-0.25, -0.2) is 8.42 Å². The Morgan fingerprint density at radius 1 is 1.24 bits per heavy atom. The standard InChI is InChI=1S/C15H27NO4S/c1-10(2)15(12(4)17)16-14(18)9-21(19,20)13-7-5-6-11(3)8-13/h10-11,13,15H,5-9H2,1-4H3,(H,16,18). The van der Waals surface area contributed by atoms with Crippen molar-refractivity contribution in [3.8, 4) is 0 Å². The lowest BCUT2D eigenvalue weighted by Gasteiger charge is -2.26. The average molecular weight is 317 g/mol. The number of nitrogens with one attached hydrogen (secondary N) is 1. The first-order valence-electron chi connectivity index (χ1n) is 7.65. The number of carbonyl (C=O) groups is 2. The molecule has 3 unspecified atom stereocenters. The van der Waals surface area contributed by atoms with Crippen LogP contribution in [0.4, 0.5) is 0 Å². The number of sulfone groups is 1. The topological polar surface area (TPSA) is 80.3 Å². The normalized spacial score (nSPS) is 24.6. The number of hydrogen-bond donors (Lipinski definition) is 1. The van der Waals surface area contributed by atoms with E-state index in [0.717, 1.165) is 12.8 Å². The number of hydrogen-bond acceptors (Lipinski definition) is 4. The van der Waals surface area contributed by atoms with Crippen LogP contribution in [0, 0.1) is 11.8 Å². The maximum absolute atomic E-state index is 12.3. The Hall–Kier alpha value is -0.910. The highest BCUT2D eigenvalue weighted by Crippen LogP contribution is 2.28. The van der Waals surface area contributed by atoms with Gasteiger partial charge < -0.3 is 5.32 Å². The minimum atomic E-state index is -3.44. The largest absolute Gasteiger partial charge is 0.345 e. The number of Topliss-reactive ketones (excluding diaryl/α,β-unsaturated/α-hetero) is 1. The van der Waals surface area contributed by atoms with Gasteiger partial charge in [-0.3, -0.25) is 9.59 Å². The van der Waals surface area contributed by atoms with Crippen molar-refractivity contribution < 1.29 is 18.0 Å². The van der Waals surface area contributed by atoms with Gasteiger partial charge in [0.1, 0.15) is 5.75 Å². The van der Waals surface area contributed by atoms with E-state index < -0.39 is 32.8 Å². The maximum atomic E-state index is 12.3. The fourth-order valence-electron chi connectivity index (χ4n) is 2.96. The van der Waals surface area contributed by atoms with Crippen LogP contribution in [0.15, 0.2) is 0 Å². The molecule has 1 saturated carbocycles. The highest BCUT2D eigenvalue weighted by molar-refractivity contribution is 7.92. The van der Waals surface area contributed by atoms with Crippen LogP contribution in [-0.4, -0.2) is 37.2 Å². The van der Waals surface area contributed by atoms with E-state index in [4.69, 9.17) is 0 Å². The van der Waals surface area contributed by atoms with E-state index in [2.05, 4.69) is 5.32 Å². The smallest absolute Gasteiger partial charge is 0.235 e. The third-order valence-electron chi connectivity index (χ3n) is 4.15. The molecule has 122 valence electrons. The monoisotopic (exact) mass is 317 g/mol. The fraction of sp³-hybridized carbons (Fsp3) is 0.867. The number of amides is 1. The molecule has 0 heterocycles. The summed E-state index contributed by atoms with van der Waals surface area (Å²) >= 11 is 0. The molecule has 0 aromatic heterocycles. The van der Waals surface area contributed by atoms with Gasteiger partial charge in [0.25, 0.3) is 0 Å². The second-order valence-electron chi connectivity index (χ2n) is 6.60. The van der Waals surface area contributed by atoms with Crippen molar-refractivity contribution in [1.29, 1.82) is 0 Å². The number of rotatable bonds is 6. The Kier molecular flexibility index (Phi) is 6.38. The quantitative estimate of drug-likeness (QED) is 0.808. The summed E-state index contributed by atoms with van der Waals surface area (Å²) < 4.78 is 24.6. The summed E-state index contributed by atoms with van der Waals surface area (Å²) in [6.45, 7) is 7.10. The Morgan fingerprint density at radius 2 is 1.86 bits per heavy atom. The second-order valence-corrected chi connectivity index (χ2v) is 8.88. The van der Waals surface area contributed by atoms with Gasteiger partial charge in [0, 0.05) is 0 Å². The lowest BCUT2D eigenvalue weighted by molar-refractivity contribution is -0.126. The molecule has 6 heteroatoms. The molecule has 5 nitrogen and oxygen atoms in total. The zero-order chi connectivity index (χ0) is 16.2. The average Bonchev–Trinajstić information content (AvgIpc) is 2.34. The van der Waals surface area contributed by atoms with Gasteiger partial charge in [0.15, 0.2) is 15.6 Å². The molecule has 0 aromatic rings. The SMILES string of the molecule is CC(=O)C(NC(=O)CS(=O)(=O)C1CCCC(C)C1)C(C)C. The fourth-order valence-corrected chi connectivity index (χ4v) is 4.79. The van der Waals surface area contributed by atoms with Crippen LogP contribution < -0.4 is 5.32 Å². The summed E-state index contributed by atoms with van der Waals surface area (Å²) in [6.07, 6.45) is 3.23. The van der Waals surface area contributed by atoms with Crippen molar-refractivity contribution in [1.82, 2.24) is 5.32 Å². The first-order chi connectivity index (χ1) is 9.63. The summed E-state index contributed by atoms with van der Waals surface area (Å²) in [5, 5.41) is 2.14. The van der Waals surface area contributed by atoms with Crippen molar-refractivity contribution in [2.24, 2.45) is 11.8 Å². The molecule has 1 amide bonds. The summed E-state index contributed by atoms with van der Waals surface area (Å²) in [6, 6.07) is -0.613. The van der Waals surface area contributed by atoms with E-state index in [-0.39, 0.29) is 11.7 Å². The van der Waals surface area contributed by atoms with Crippen LogP contribution in [0.1, 0.15) is 53.4 Å². The highest BCUT2D eigenvalue weighted by atomic mass is 32.2. The first-order valence-corrected chi connectivity index (χ1v) is 9.36. The van der Waals surface area contributed by atoms with Crippen LogP contribution in [0.5, 0.6) is 0 Å². The van der Waals surface area contributed by atoms with Crippen molar-refractivity contribution in [2.75, 3.05) is 5.75 Å². The van der Waals surface area contributed by atoms with E-state index >= 15 is 0 Å². The predicted molar refractivity (Wildman–Crippen MR) is 82.7 cm³/mol. The van der Waals surface area contributed by atoms with Crippen LogP contribution in [0.2, 0.25) is 0 Å². The van der Waals surface area contributed by atoms with Crippen LogP contribution in [0.3, 0.4) is 0 Å². The van der Waals surface area contributed by atoms with Crippen LogP contribution in [-0.2, 0) is 19.4 Å².